The third kappa shape index (κ3) is 17.5. The monoisotopic (exact) mass is 1020 g/mol. The van der Waals surface area contributed by atoms with Gasteiger partial charge in [0.25, 0.3) is 0 Å². The highest BCUT2D eigenvalue weighted by Crippen LogP contribution is 2.48. The molecule has 0 saturated carbocycles. The van der Waals surface area contributed by atoms with Gasteiger partial charge < -0.3 is 47.4 Å². The second-order valence-electron chi connectivity index (χ2n) is 17.0. The second-order valence-corrected chi connectivity index (χ2v) is 17.0. The van der Waals surface area contributed by atoms with Crippen LogP contribution >= 0.6 is 0 Å². The molecule has 3 aromatic rings. The number of carbonyl (C=O) groups is 9. The van der Waals surface area contributed by atoms with E-state index in [-0.39, 0.29) is 109 Å². The molecule has 0 saturated heterocycles. The number of fused-ring (bicyclic) bond motifs is 1. The summed E-state index contributed by atoms with van der Waals surface area (Å²) >= 11 is 0. The van der Waals surface area contributed by atoms with Crippen LogP contribution in [0, 0.1) is 0 Å². The molecular weight excluding hydrogens is 953 g/mol. The van der Waals surface area contributed by atoms with Crippen molar-refractivity contribution in [3.63, 3.8) is 0 Å². The van der Waals surface area contributed by atoms with Gasteiger partial charge in [0.05, 0.1) is 5.56 Å². The summed E-state index contributed by atoms with van der Waals surface area (Å²) in [4.78, 5) is 119. The third-order valence-corrected chi connectivity index (χ3v) is 10.4. The molecule has 0 amide bonds. The van der Waals surface area contributed by atoms with Gasteiger partial charge >= 0.3 is 53.7 Å². The van der Waals surface area contributed by atoms with Crippen LogP contribution in [0.5, 0.6) is 51.7 Å². The van der Waals surface area contributed by atoms with Gasteiger partial charge in [-0.1, -0.05) is 55.4 Å². The van der Waals surface area contributed by atoms with Crippen LogP contribution in [0.1, 0.15) is 186 Å². The fourth-order valence-electron chi connectivity index (χ4n) is 7.14. The lowest BCUT2D eigenvalue weighted by atomic mass is 9.93. The predicted molar refractivity (Wildman–Crippen MR) is 260 cm³/mol. The minimum absolute atomic E-state index is 0.000560. The summed E-state index contributed by atoms with van der Waals surface area (Å²) in [6, 6.07) is 7.45. The Morgan fingerprint density at radius 2 is 0.740 bits per heavy atom. The molecular formula is C54H66O19. The Morgan fingerprint density at radius 3 is 1.11 bits per heavy atom. The van der Waals surface area contributed by atoms with Crippen LogP contribution in [0.15, 0.2) is 36.4 Å². The number of ether oxygens (including phenoxy) is 10. The lowest BCUT2D eigenvalue weighted by Crippen LogP contribution is -2.35. The molecule has 0 spiro atoms. The normalized spacial score (nSPS) is 13.5. The van der Waals surface area contributed by atoms with Crippen molar-refractivity contribution in [2.45, 2.75) is 177 Å². The lowest BCUT2D eigenvalue weighted by Gasteiger charge is -2.35. The molecule has 1 aliphatic rings. The predicted octanol–water partition coefficient (Wildman–Crippen LogP) is 10.2. The van der Waals surface area contributed by atoms with Crippen molar-refractivity contribution in [1.82, 2.24) is 0 Å². The molecule has 0 fully saturated rings. The van der Waals surface area contributed by atoms with Crippen molar-refractivity contribution in [2.75, 3.05) is 0 Å². The maximum Gasteiger partial charge on any atom is 0.338 e. The number of esters is 9. The van der Waals surface area contributed by atoms with Gasteiger partial charge in [0, 0.05) is 81.0 Å². The second kappa shape index (κ2) is 29.3. The Hall–Kier alpha value is -7.31. The Balaban J connectivity index is 2.05. The van der Waals surface area contributed by atoms with Gasteiger partial charge in [-0.15, -0.1) is 0 Å². The van der Waals surface area contributed by atoms with Gasteiger partial charge in [-0.05, 0) is 75.6 Å². The number of hydrogen-bond donors (Lipinski definition) is 0. The fraction of sp³-hybridized carbons (Fsp3) is 0.500. The molecule has 396 valence electrons. The molecule has 73 heavy (non-hydrogen) atoms. The fourth-order valence-corrected chi connectivity index (χ4v) is 7.14. The summed E-state index contributed by atoms with van der Waals surface area (Å²) < 4.78 is 58.5. The number of rotatable bonds is 27. The zero-order valence-corrected chi connectivity index (χ0v) is 42.9. The van der Waals surface area contributed by atoms with E-state index in [0.29, 0.717) is 51.4 Å². The first-order chi connectivity index (χ1) is 35.0. The van der Waals surface area contributed by atoms with E-state index in [1.807, 2.05) is 0 Å². The standard InChI is InChI=1S/C54H66O19/c1-9-17-43(55)64-34-29-36(65-44(56)18-10-2)35-31-42(71-54(63)33-27-40(68-47(59)21-13-5)53(73-50(62)24-16-8)41(28-33)69-48(60)22-14-6)51(70-37(35)30-34)32-25-38(66-45(57)19-11-3)52(72-49(61)23-15-7)39(26-32)67-46(58)20-12-4/h25-30,42,51H,9-24,31H2,1-8H3/t42-,51?/m1/s1. The molecule has 2 atom stereocenters. The van der Waals surface area contributed by atoms with E-state index < -0.39 is 83.2 Å². The van der Waals surface area contributed by atoms with Crippen molar-refractivity contribution >= 4 is 53.7 Å². The summed E-state index contributed by atoms with van der Waals surface area (Å²) in [6.07, 6.45) is -0.382. The number of hydrogen-bond acceptors (Lipinski definition) is 19. The first-order valence-corrected chi connectivity index (χ1v) is 25.1. The average molecular weight is 1020 g/mol. The first-order valence-electron chi connectivity index (χ1n) is 25.1. The maximum absolute atomic E-state index is 14.8. The molecule has 19 heteroatoms. The van der Waals surface area contributed by atoms with E-state index in [2.05, 4.69) is 0 Å². The van der Waals surface area contributed by atoms with Crippen molar-refractivity contribution in [3.8, 4) is 51.7 Å². The summed E-state index contributed by atoms with van der Waals surface area (Å²) in [7, 11) is 0. The summed E-state index contributed by atoms with van der Waals surface area (Å²) in [5, 5.41) is 0. The van der Waals surface area contributed by atoms with Crippen LogP contribution in [0.4, 0.5) is 0 Å². The Morgan fingerprint density at radius 1 is 0.411 bits per heavy atom. The van der Waals surface area contributed by atoms with Crippen LogP contribution < -0.4 is 42.6 Å². The Bertz CT molecular complexity index is 2410. The molecule has 19 nitrogen and oxygen atoms in total. The molecule has 0 aliphatic carbocycles. The van der Waals surface area contributed by atoms with Crippen LogP contribution in [0.3, 0.4) is 0 Å². The summed E-state index contributed by atoms with van der Waals surface area (Å²) in [5.74, 6) is -9.34. The zero-order valence-electron chi connectivity index (χ0n) is 42.9. The van der Waals surface area contributed by atoms with E-state index in [4.69, 9.17) is 47.4 Å². The van der Waals surface area contributed by atoms with E-state index >= 15 is 0 Å². The van der Waals surface area contributed by atoms with E-state index in [0.717, 1.165) is 12.1 Å². The van der Waals surface area contributed by atoms with Gasteiger partial charge in [0.1, 0.15) is 23.4 Å². The van der Waals surface area contributed by atoms with Gasteiger partial charge in [-0.2, -0.15) is 0 Å². The molecule has 0 bridgehead atoms. The van der Waals surface area contributed by atoms with Crippen LogP contribution in [0.2, 0.25) is 0 Å². The largest absolute Gasteiger partial charge is 0.481 e. The summed E-state index contributed by atoms with van der Waals surface area (Å²) in [5.41, 5.74) is -0.130. The topological polar surface area (TPSA) is 246 Å². The Kier molecular flexibility index (Phi) is 23.4. The minimum Gasteiger partial charge on any atom is -0.481 e. The molecule has 1 heterocycles. The van der Waals surface area contributed by atoms with Gasteiger partial charge in [0.15, 0.2) is 29.1 Å². The third-order valence-electron chi connectivity index (χ3n) is 10.4. The van der Waals surface area contributed by atoms with E-state index in [1.165, 1.54) is 24.3 Å². The van der Waals surface area contributed by atoms with Crippen molar-refractivity contribution in [1.29, 1.82) is 0 Å². The molecule has 1 aliphatic heterocycles. The molecule has 3 aromatic carbocycles. The van der Waals surface area contributed by atoms with Crippen LogP contribution in [-0.2, 0) is 49.5 Å². The highest BCUT2D eigenvalue weighted by molar-refractivity contribution is 5.93. The molecule has 1 unspecified atom stereocenters. The van der Waals surface area contributed by atoms with Crippen molar-refractivity contribution in [3.05, 3.63) is 53.1 Å². The number of benzene rings is 3. The highest BCUT2D eigenvalue weighted by Gasteiger charge is 2.40. The quantitative estimate of drug-likeness (QED) is 0.0509. The first kappa shape index (κ1) is 58.3. The molecule has 0 N–H and O–H groups in total. The van der Waals surface area contributed by atoms with Crippen LogP contribution in [0.25, 0.3) is 0 Å². The van der Waals surface area contributed by atoms with Crippen LogP contribution in [-0.4, -0.2) is 59.8 Å². The average Bonchev–Trinajstić information content (AvgIpc) is 3.31. The van der Waals surface area contributed by atoms with Gasteiger partial charge in [0.2, 0.25) is 11.5 Å². The van der Waals surface area contributed by atoms with E-state index in [1.54, 1.807) is 55.4 Å². The minimum atomic E-state index is -1.46. The Labute approximate surface area is 424 Å². The summed E-state index contributed by atoms with van der Waals surface area (Å²) in [6.45, 7) is 14.0. The highest BCUT2D eigenvalue weighted by atomic mass is 16.6. The SMILES string of the molecule is CCCC(=O)Oc1cc(OC(=O)CCC)c2c(c1)OC(c1cc(OC(=O)CCC)c(OC(=O)CCC)c(OC(=O)CCC)c1)[C@H](OC(=O)c1cc(OC(=O)CCC)c(OC(=O)CCC)c(OC(=O)CCC)c1)C2. The number of carbonyl (C=O) groups excluding carboxylic acids is 9. The lowest BCUT2D eigenvalue weighted by molar-refractivity contribution is -0.138. The van der Waals surface area contributed by atoms with E-state index in [9.17, 15) is 43.2 Å². The molecule has 0 aromatic heterocycles. The molecule has 4 rings (SSSR count). The molecule has 0 radical (unpaired) electrons. The van der Waals surface area contributed by atoms with Gasteiger partial charge in [-0.25, -0.2) is 4.79 Å². The van der Waals surface area contributed by atoms with Crippen molar-refractivity contribution in [2.24, 2.45) is 0 Å². The van der Waals surface area contributed by atoms with Crippen molar-refractivity contribution < 1.29 is 90.5 Å². The smallest absolute Gasteiger partial charge is 0.338 e. The van der Waals surface area contributed by atoms with Gasteiger partial charge in [-0.3, -0.25) is 38.4 Å². The zero-order chi connectivity index (χ0) is 53.6. The maximum atomic E-state index is 14.8.